The quantitative estimate of drug-likeness (QED) is 0.106. The Balaban J connectivity index is 1.44. The number of hydrogen-bond donors (Lipinski definition) is 1. The zero-order chi connectivity index (χ0) is 28.7. The maximum Gasteiger partial charge on any atom is 0.301 e. The topological polar surface area (TPSA) is 89.0 Å². The lowest BCUT2D eigenvalue weighted by Gasteiger charge is -2.23. The van der Waals surface area contributed by atoms with E-state index in [0.717, 1.165) is 41.9 Å². The highest BCUT2D eigenvalue weighted by Crippen LogP contribution is 2.45. The molecule has 2 aliphatic rings. The Morgan fingerprint density at radius 2 is 1.93 bits per heavy atom. The van der Waals surface area contributed by atoms with Crippen LogP contribution in [0.25, 0.3) is 16.0 Å². The monoisotopic (exact) mass is 572 g/mol. The maximum atomic E-state index is 13.9. The van der Waals surface area contributed by atoms with Crippen LogP contribution in [-0.2, 0) is 16.0 Å². The Labute approximate surface area is 240 Å². The van der Waals surface area contributed by atoms with Gasteiger partial charge in [0.05, 0.1) is 28.4 Å². The fraction of sp³-hybridized carbons (Fsp3) is 0.281. The van der Waals surface area contributed by atoms with Crippen LogP contribution >= 0.6 is 11.3 Å². The van der Waals surface area contributed by atoms with Gasteiger partial charge < -0.3 is 14.6 Å². The largest absolute Gasteiger partial charge is 0.507 e. The number of hydrogen-bond acceptors (Lipinski definition) is 7. The number of Topliss-reactive ketones (excluding diaryl/α,β-unsaturated/α-hetero) is 1. The minimum Gasteiger partial charge on any atom is -0.507 e. The van der Waals surface area contributed by atoms with Crippen molar-refractivity contribution in [2.75, 3.05) is 11.5 Å². The summed E-state index contributed by atoms with van der Waals surface area (Å²) in [6, 6.07) is 15.7. The Bertz CT molecular complexity index is 1680. The van der Waals surface area contributed by atoms with Gasteiger partial charge in [0.2, 0.25) is 0 Å². The number of nitrogens with zero attached hydrogens (tertiary/aromatic N) is 2. The lowest BCUT2D eigenvalue weighted by molar-refractivity contribution is -0.132. The van der Waals surface area contributed by atoms with Crippen molar-refractivity contribution in [1.82, 2.24) is 4.98 Å². The lowest BCUT2D eigenvalue weighted by atomic mass is 9.94. The van der Waals surface area contributed by atoms with Crippen molar-refractivity contribution in [3.05, 3.63) is 88.7 Å². The Hall–Kier alpha value is -4.24. The number of aromatic nitrogens is 1. The van der Waals surface area contributed by atoms with Gasteiger partial charge in [0.1, 0.15) is 29.2 Å². The fourth-order valence-electron chi connectivity index (χ4n) is 5.35. The normalized spacial score (nSPS) is 19.5. The van der Waals surface area contributed by atoms with E-state index < -0.39 is 23.5 Å². The van der Waals surface area contributed by atoms with E-state index in [4.69, 9.17) is 9.47 Å². The Kier molecular flexibility index (Phi) is 7.21. The van der Waals surface area contributed by atoms with Crippen LogP contribution in [0.5, 0.6) is 11.5 Å². The van der Waals surface area contributed by atoms with Gasteiger partial charge in [-0.3, -0.25) is 14.5 Å². The number of ketones is 1. The fourth-order valence-corrected chi connectivity index (χ4v) is 6.36. The highest BCUT2D eigenvalue weighted by atomic mass is 32.1. The van der Waals surface area contributed by atoms with Crippen molar-refractivity contribution in [3.63, 3.8) is 0 Å². The van der Waals surface area contributed by atoms with Gasteiger partial charge in [0.25, 0.3) is 5.78 Å². The van der Waals surface area contributed by atoms with E-state index in [2.05, 4.69) is 11.9 Å². The van der Waals surface area contributed by atoms with Crippen LogP contribution in [0.4, 0.5) is 9.52 Å². The average Bonchev–Trinajstić information content (AvgIpc) is 3.63. The van der Waals surface area contributed by atoms with Crippen molar-refractivity contribution in [2.45, 2.75) is 51.7 Å². The van der Waals surface area contributed by atoms with E-state index in [9.17, 15) is 19.1 Å². The molecule has 7 nitrogen and oxygen atoms in total. The van der Waals surface area contributed by atoms with Crippen molar-refractivity contribution >= 4 is 44.1 Å². The summed E-state index contributed by atoms with van der Waals surface area (Å²) in [5.41, 5.74) is 2.42. The van der Waals surface area contributed by atoms with E-state index >= 15 is 0 Å². The molecule has 6 rings (SSSR count). The highest BCUT2D eigenvalue weighted by Gasteiger charge is 2.48. The van der Waals surface area contributed by atoms with Crippen LogP contribution in [0.3, 0.4) is 0 Å². The zero-order valence-corrected chi connectivity index (χ0v) is 23.5. The molecule has 1 fully saturated rings. The van der Waals surface area contributed by atoms with Crippen molar-refractivity contribution in [3.8, 4) is 11.5 Å². The number of aliphatic hydroxyl groups excluding tert-OH is 1. The number of aliphatic hydroxyl groups is 1. The molecule has 9 heteroatoms. The maximum absolute atomic E-state index is 13.9. The smallest absolute Gasteiger partial charge is 0.301 e. The molecule has 41 heavy (non-hydrogen) atoms. The number of amides is 1. The molecular weight excluding hydrogens is 543 g/mol. The second kappa shape index (κ2) is 11.0. The third kappa shape index (κ3) is 5.06. The molecule has 0 spiro atoms. The molecule has 1 N–H and O–H groups in total. The molecule has 1 aromatic heterocycles. The summed E-state index contributed by atoms with van der Waals surface area (Å²) >= 11 is 1.11. The molecule has 0 radical (unpaired) electrons. The number of anilines is 1. The number of carbonyl (C=O) groups is 2. The number of benzene rings is 3. The zero-order valence-electron chi connectivity index (χ0n) is 22.7. The van der Waals surface area contributed by atoms with Crippen molar-refractivity contribution in [2.24, 2.45) is 0 Å². The summed E-state index contributed by atoms with van der Waals surface area (Å²) in [6.07, 6.45) is 3.80. The standard InChI is InChI=1S/C32H29FN2O5S/c1-3-4-5-14-39-23-10-6-19(7-11-23)28-27(29(36)20-8-13-25-21(16-20)15-18(2)40-25)30(37)31(38)35(28)32-34-24-12-9-22(33)17-26(24)41-32/h6-13,16-18,28,36H,3-5,14-15H2,1-2H3/t18-,28+/m0/s1. The predicted molar refractivity (Wildman–Crippen MR) is 156 cm³/mol. The molecular formula is C32H29FN2O5S. The predicted octanol–water partition coefficient (Wildman–Crippen LogP) is 6.95. The molecule has 1 amide bonds. The van der Waals surface area contributed by atoms with Gasteiger partial charge in [-0.15, -0.1) is 0 Å². The second-order valence-corrected chi connectivity index (χ2v) is 11.4. The molecule has 3 aromatic carbocycles. The van der Waals surface area contributed by atoms with Crippen molar-refractivity contribution in [1.29, 1.82) is 0 Å². The molecule has 2 aliphatic heterocycles. The third-order valence-corrected chi connectivity index (χ3v) is 8.39. The number of unbranched alkanes of at least 4 members (excludes halogenated alkanes) is 2. The van der Waals surface area contributed by atoms with E-state index in [1.807, 2.05) is 6.92 Å². The summed E-state index contributed by atoms with van der Waals surface area (Å²) in [6.45, 7) is 4.69. The summed E-state index contributed by atoms with van der Waals surface area (Å²) in [4.78, 5) is 33.0. The van der Waals surface area contributed by atoms with E-state index in [1.165, 1.54) is 23.1 Å². The lowest BCUT2D eigenvalue weighted by Crippen LogP contribution is -2.29. The number of halogens is 1. The summed E-state index contributed by atoms with van der Waals surface area (Å²) in [7, 11) is 0. The van der Waals surface area contributed by atoms with Crippen LogP contribution in [0.15, 0.2) is 66.2 Å². The van der Waals surface area contributed by atoms with Gasteiger partial charge in [0, 0.05) is 12.0 Å². The van der Waals surface area contributed by atoms with E-state index in [0.29, 0.717) is 40.1 Å². The van der Waals surface area contributed by atoms with Crippen LogP contribution in [0, 0.1) is 5.82 Å². The number of fused-ring (bicyclic) bond motifs is 2. The van der Waals surface area contributed by atoms with Gasteiger partial charge >= 0.3 is 5.91 Å². The van der Waals surface area contributed by atoms with Gasteiger partial charge in [-0.2, -0.15) is 0 Å². The Morgan fingerprint density at radius 1 is 1.12 bits per heavy atom. The van der Waals surface area contributed by atoms with Crippen LogP contribution in [0.1, 0.15) is 55.8 Å². The molecule has 0 saturated carbocycles. The third-order valence-electron chi connectivity index (χ3n) is 7.37. The first-order valence-electron chi connectivity index (χ1n) is 13.7. The number of thiazole rings is 1. The minimum absolute atomic E-state index is 0.0135. The first kappa shape index (κ1) is 27.0. The molecule has 210 valence electrons. The van der Waals surface area contributed by atoms with Crippen LogP contribution in [-0.4, -0.2) is 34.5 Å². The van der Waals surface area contributed by atoms with Crippen LogP contribution < -0.4 is 14.4 Å². The average molecular weight is 573 g/mol. The molecule has 0 unspecified atom stereocenters. The molecule has 1 saturated heterocycles. The summed E-state index contributed by atoms with van der Waals surface area (Å²) in [5, 5.41) is 11.8. The number of ether oxygens (including phenoxy) is 2. The van der Waals surface area contributed by atoms with Crippen LogP contribution in [0.2, 0.25) is 0 Å². The van der Waals surface area contributed by atoms with Gasteiger partial charge in [-0.05, 0) is 73.0 Å². The number of carbonyl (C=O) groups excluding carboxylic acids is 2. The molecule has 2 atom stereocenters. The first-order chi connectivity index (χ1) is 19.8. The summed E-state index contributed by atoms with van der Waals surface area (Å²) < 4.78 is 26.1. The second-order valence-electron chi connectivity index (χ2n) is 10.4. The summed E-state index contributed by atoms with van der Waals surface area (Å²) in [5.74, 6) is -0.912. The van der Waals surface area contributed by atoms with Gasteiger partial charge in [0.15, 0.2) is 5.13 Å². The first-order valence-corrected chi connectivity index (χ1v) is 14.6. The minimum atomic E-state index is -0.946. The molecule has 0 aliphatic carbocycles. The number of rotatable bonds is 8. The van der Waals surface area contributed by atoms with E-state index in [1.54, 1.807) is 42.5 Å². The molecule has 3 heterocycles. The van der Waals surface area contributed by atoms with E-state index in [-0.39, 0.29) is 22.6 Å². The molecule has 4 aromatic rings. The Morgan fingerprint density at radius 3 is 2.71 bits per heavy atom. The highest BCUT2D eigenvalue weighted by molar-refractivity contribution is 7.22. The van der Waals surface area contributed by atoms with Gasteiger partial charge in [-0.1, -0.05) is 43.2 Å². The molecule has 0 bridgehead atoms. The van der Waals surface area contributed by atoms with Crippen molar-refractivity contribution < 1.29 is 28.6 Å². The SMILES string of the molecule is CCCCCOc1ccc([C@@H]2C(=C(O)c3ccc4c(c3)C[C@H](C)O4)C(=O)C(=O)N2c2nc3ccc(F)cc3s2)cc1. The van der Waals surface area contributed by atoms with Gasteiger partial charge in [-0.25, -0.2) is 9.37 Å².